The highest BCUT2D eigenvalue weighted by Gasteiger charge is 2.22. The number of pyridine rings is 1. The first-order valence-corrected chi connectivity index (χ1v) is 9.27. The zero-order valence-corrected chi connectivity index (χ0v) is 15.4. The predicted molar refractivity (Wildman–Crippen MR) is 108 cm³/mol. The van der Waals surface area contributed by atoms with Gasteiger partial charge in [0, 0.05) is 12.5 Å². The standard InChI is InChI=1S/C22H23N3O2/c1-27-14-13-22(26)25-19-8-4-7-18-17(19)10-12-21(23-18)24-20-11-9-15-5-2-3-6-16(15)20/h2-8,10,12,20H,9,11,13-14H2,1H3,(H,23,24)(H,25,26). The van der Waals surface area contributed by atoms with E-state index in [0.717, 1.165) is 35.2 Å². The fraction of sp³-hybridized carbons (Fsp3) is 0.273. The number of carbonyl (C=O) groups is 1. The lowest BCUT2D eigenvalue weighted by molar-refractivity contribution is -0.117. The van der Waals surface area contributed by atoms with Crippen LogP contribution in [0.1, 0.15) is 30.0 Å². The average Bonchev–Trinajstić information content (AvgIpc) is 3.09. The number of nitrogens with one attached hydrogen (secondary N) is 2. The molecule has 5 nitrogen and oxygen atoms in total. The molecule has 138 valence electrons. The van der Waals surface area contributed by atoms with Crippen LogP contribution in [-0.4, -0.2) is 24.6 Å². The summed E-state index contributed by atoms with van der Waals surface area (Å²) in [7, 11) is 1.59. The van der Waals surface area contributed by atoms with Gasteiger partial charge in [0.1, 0.15) is 5.82 Å². The van der Waals surface area contributed by atoms with Crippen molar-refractivity contribution in [2.75, 3.05) is 24.4 Å². The Bertz CT molecular complexity index is 971. The summed E-state index contributed by atoms with van der Waals surface area (Å²) in [5, 5.41) is 7.44. The van der Waals surface area contributed by atoms with Crippen LogP contribution in [0.25, 0.3) is 10.9 Å². The molecular formula is C22H23N3O2. The smallest absolute Gasteiger partial charge is 0.226 e. The topological polar surface area (TPSA) is 63.2 Å². The van der Waals surface area contributed by atoms with Gasteiger partial charge in [0.15, 0.2) is 0 Å². The summed E-state index contributed by atoms with van der Waals surface area (Å²) in [5.74, 6) is 0.793. The molecule has 2 aromatic carbocycles. The van der Waals surface area contributed by atoms with Crippen LogP contribution in [0, 0.1) is 0 Å². The number of nitrogens with zero attached hydrogens (tertiary/aromatic N) is 1. The van der Waals surface area contributed by atoms with Crippen LogP contribution in [0.15, 0.2) is 54.6 Å². The Morgan fingerprint density at radius 1 is 1.15 bits per heavy atom. The van der Waals surface area contributed by atoms with Crippen molar-refractivity contribution in [3.63, 3.8) is 0 Å². The molecule has 1 atom stereocenters. The number of hydrogen-bond acceptors (Lipinski definition) is 4. The van der Waals surface area contributed by atoms with Crippen LogP contribution in [0.3, 0.4) is 0 Å². The van der Waals surface area contributed by atoms with Crippen molar-refractivity contribution in [3.8, 4) is 0 Å². The molecule has 1 unspecified atom stereocenters. The number of ether oxygens (including phenoxy) is 1. The lowest BCUT2D eigenvalue weighted by atomic mass is 10.1. The molecule has 0 fully saturated rings. The zero-order chi connectivity index (χ0) is 18.6. The van der Waals surface area contributed by atoms with Crippen molar-refractivity contribution in [3.05, 3.63) is 65.7 Å². The third-order valence-electron chi connectivity index (χ3n) is 4.99. The van der Waals surface area contributed by atoms with E-state index in [0.29, 0.717) is 19.1 Å². The van der Waals surface area contributed by atoms with Crippen molar-refractivity contribution in [1.29, 1.82) is 0 Å². The van der Waals surface area contributed by atoms with Crippen LogP contribution in [0.4, 0.5) is 11.5 Å². The highest BCUT2D eigenvalue weighted by molar-refractivity contribution is 6.01. The van der Waals surface area contributed by atoms with E-state index in [1.165, 1.54) is 11.1 Å². The molecule has 0 saturated carbocycles. The maximum absolute atomic E-state index is 12.0. The van der Waals surface area contributed by atoms with E-state index in [2.05, 4.69) is 34.9 Å². The molecule has 1 aliphatic rings. The Hall–Kier alpha value is -2.92. The number of rotatable bonds is 6. The van der Waals surface area contributed by atoms with Gasteiger partial charge in [0.25, 0.3) is 0 Å². The van der Waals surface area contributed by atoms with Gasteiger partial charge in [0.05, 0.1) is 30.3 Å². The lowest BCUT2D eigenvalue weighted by Gasteiger charge is -2.16. The fourth-order valence-electron chi connectivity index (χ4n) is 3.64. The Kier molecular flexibility index (Phi) is 5.03. The van der Waals surface area contributed by atoms with Crippen molar-refractivity contribution < 1.29 is 9.53 Å². The number of aryl methyl sites for hydroxylation is 1. The normalized spacial score (nSPS) is 15.5. The third-order valence-corrected chi connectivity index (χ3v) is 4.99. The van der Waals surface area contributed by atoms with Crippen LogP contribution in [0.5, 0.6) is 0 Å². The van der Waals surface area contributed by atoms with E-state index < -0.39 is 0 Å². The van der Waals surface area contributed by atoms with Gasteiger partial charge in [-0.15, -0.1) is 0 Å². The Morgan fingerprint density at radius 3 is 2.93 bits per heavy atom. The maximum atomic E-state index is 12.0. The number of hydrogen-bond donors (Lipinski definition) is 2. The van der Waals surface area contributed by atoms with Gasteiger partial charge < -0.3 is 15.4 Å². The van der Waals surface area contributed by atoms with Crippen LogP contribution >= 0.6 is 0 Å². The molecule has 4 rings (SSSR count). The molecule has 1 aromatic heterocycles. The monoisotopic (exact) mass is 361 g/mol. The van der Waals surface area contributed by atoms with E-state index in [4.69, 9.17) is 9.72 Å². The second-order valence-electron chi connectivity index (χ2n) is 6.79. The Labute approximate surface area is 158 Å². The molecule has 0 aliphatic heterocycles. The van der Waals surface area contributed by atoms with Gasteiger partial charge in [-0.2, -0.15) is 0 Å². The van der Waals surface area contributed by atoms with Gasteiger partial charge in [-0.25, -0.2) is 4.98 Å². The SMILES string of the molecule is COCCC(=O)Nc1cccc2nc(NC3CCc4ccccc43)ccc12. The second-order valence-corrected chi connectivity index (χ2v) is 6.79. The average molecular weight is 361 g/mol. The number of fused-ring (bicyclic) bond motifs is 2. The first-order chi connectivity index (χ1) is 13.2. The first kappa shape index (κ1) is 17.5. The number of anilines is 2. The predicted octanol–water partition coefficient (Wildman–Crippen LogP) is 4.31. The van der Waals surface area contributed by atoms with E-state index in [-0.39, 0.29) is 5.91 Å². The van der Waals surface area contributed by atoms with Gasteiger partial charge in [-0.3, -0.25) is 4.79 Å². The highest BCUT2D eigenvalue weighted by atomic mass is 16.5. The van der Waals surface area contributed by atoms with Crippen molar-refractivity contribution in [2.45, 2.75) is 25.3 Å². The van der Waals surface area contributed by atoms with Crippen molar-refractivity contribution >= 4 is 28.3 Å². The van der Waals surface area contributed by atoms with E-state index in [9.17, 15) is 4.79 Å². The molecule has 0 saturated heterocycles. The van der Waals surface area contributed by atoms with Gasteiger partial charge >= 0.3 is 0 Å². The largest absolute Gasteiger partial charge is 0.384 e. The number of carbonyl (C=O) groups excluding carboxylic acids is 1. The summed E-state index contributed by atoms with van der Waals surface area (Å²) in [6, 6.07) is 18.6. The summed E-state index contributed by atoms with van der Waals surface area (Å²) < 4.78 is 4.96. The van der Waals surface area contributed by atoms with Gasteiger partial charge in [-0.1, -0.05) is 30.3 Å². The molecule has 3 aromatic rings. The van der Waals surface area contributed by atoms with Crippen molar-refractivity contribution in [1.82, 2.24) is 4.98 Å². The fourth-order valence-corrected chi connectivity index (χ4v) is 3.64. The molecule has 0 radical (unpaired) electrons. The quantitative estimate of drug-likeness (QED) is 0.687. The summed E-state index contributed by atoms with van der Waals surface area (Å²) in [6.45, 7) is 0.409. The van der Waals surface area contributed by atoms with Crippen LogP contribution in [-0.2, 0) is 16.0 Å². The van der Waals surface area contributed by atoms with E-state index in [1.807, 2.05) is 30.3 Å². The minimum atomic E-state index is -0.0610. The molecule has 0 spiro atoms. The molecule has 5 heteroatoms. The second kappa shape index (κ2) is 7.76. The highest BCUT2D eigenvalue weighted by Crippen LogP contribution is 2.34. The van der Waals surface area contributed by atoms with Crippen LogP contribution < -0.4 is 10.6 Å². The summed E-state index contributed by atoms with van der Waals surface area (Å²) in [4.78, 5) is 16.8. The molecular weight excluding hydrogens is 338 g/mol. The summed E-state index contributed by atoms with van der Waals surface area (Å²) in [6.07, 6.45) is 2.51. The Balaban J connectivity index is 1.54. The first-order valence-electron chi connectivity index (χ1n) is 9.27. The summed E-state index contributed by atoms with van der Waals surface area (Å²) >= 11 is 0. The third kappa shape index (κ3) is 3.78. The lowest BCUT2D eigenvalue weighted by Crippen LogP contribution is -2.14. The number of aromatic nitrogens is 1. The molecule has 1 heterocycles. The minimum absolute atomic E-state index is 0.0610. The molecule has 1 aliphatic carbocycles. The maximum Gasteiger partial charge on any atom is 0.226 e. The minimum Gasteiger partial charge on any atom is -0.384 e. The van der Waals surface area contributed by atoms with E-state index in [1.54, 1.807) is 7.11 Å². The van der Waals surface area contributed by atoms with Crippen LogP contribution in [0.2, 0.25) is 0 Å². The van der Waals surface area contributed by atoms with Crippen molar-refractivity contribution in [2.24, 2.45) is 0 Å². The molecule has 1 amide bonds. The molecule has 0 bridgehead atoms. The number of amides is 1. The van der Waals surface area contributed by atoms with Gasteiger partial charge in [0.2, 0.25) is 5.91 Å². The number of benzene rings is 2. The molecule has 27 heavy (non-hydrogen) atoms. The summed E-state index contributed by atoms with van der Waals surface area (Å²) in [5.41, 5.74) is 4.41. The van der Waals surface area contributed by atoms with Gasteiger partial charge in [-0.05, 0) is 48.2 Å². The zero-order valence-electron chi connectivity index (χ0n) is 15.4. The molecule has 2 N–H and O–H groups in total. The number of methoxy groups -OCH3 is 1. The van der Waals surface area contributed by atoms with E-state index >= 15 is 0 Å². The Morgan fingerprint density at radius 2 is 2.04 bits per heavy atom.